The summed E-state index contributed by atoms with van der Waals surface area (Å²) in [5, 5.41) is 3.39. The van der Waals surface area contributed by atoms with Crippen LogP contribution in [0.2, 0.25) is 0 Å². The van der Waals surface area contributed by atoms with Crippen LogP contribution in [0.3, 0.4) is 0 Å². The molecule has 1 aromatic carbocycles. The fourth-order valence-electron chi connectivity index (χ4n) is 2.04. The Hall–Kier alpha value is -1.61. The molecule has 1 N–H and O–H groups in total. The predicted octanol–water partition coefficient (Wildman–Crippen LogP) is 2.74. The molecule has 0 radical (unpaired) electrons. The van der Waals surface area contributed by atoms with E-state index in [1.54, 1.807) is 0 Å². The average molecular weight is 243 g/mol. The van der Waals surface area contributed by atoms with Gasteiger partial charge in [-0.2, -0.15) is 0 Å². The van der Waals surface area contributed by atoms with Crippen molar-refractivity contribution in [2.45, 2.75) is 33.4 Å². The Kier molecular flexibility index (Phi) is 4.53. The molecule has 2 aromatic rings. The van der Waals surface area contributed by atoms with Gasteiger partial charge in [-0.3, -0.25) is 0 Å². The van der Waals surface area contributed by atoms with Gasteiger partial charge in [0.15, 0.2) is 0 Å². The summed E-state index contributed by atoms with van der Waals surface area (Å²) < 4.78 is 2.21. The lowest BCUT2D eigenvalue weighted by Gasteiger charge is -2.09. The summed E-state index contributed by atoms with van der Waals surface area (Å²) in [5.74, 6) is 1.10. The van der Waals surface area contributed by atoms with Crippen LogP contribution in [0, 0.1) is 6.92 Å². The van der Waals surface area contributed by atoms with Crippen molar-refractivity contribution in [2.24, 2.45) is 0 Å². The van der Waals surface area contributed by atoms with E-state index < -0.39 is 0 Å². The third-order valence-corrected chi connectivity index (χ3v) is 2.95. The van der Waals surface area contributed by atoms with Gasteiger partial charge < -0.3 is 9.88 Å². The van der Waals surface area contributed by atoms with Crippen LogP contribution in [-0.2, 0) is 13.1 Å². The molecule has 18 heavy (non-hydrogen) atoms. The molecule has 0 aliphatic heterocycles. The summed E-state index contributed by atoms with van der Waals surface area (Å²) in [4.78, 5) is 4.41. The summed E-state index contributed by atoms with van der Waals surface area (Å²) in [7, 11) is 0. The van der Waals surface area contributed by atoms with Crippen LogP contribution >= 0.6 is 0 Å². The third kappa shape index (κ3) is 3.44. The van der Waals surface area contributed by atoms with Crippen molar-refractivity contribution in [3.05, 3.63) is 53.6 Å². The number of rotatable bonds is 6. The zero-order valence-electron chi connectivity index (χ0n) is 11.2. The first-order chi connectivity index (χ1) is 8.79. The van der Waals surface area contributed by atoms with Crippen molar-refractivity contribution in [3.8, 4) is 0 Å². The smallest absolute Gasteiger partial charge is 0.122 e. The van der Waals surface area contributed by atoms with Gasteiger partial charge in [-0.1, -0.05) is 36.8 Å². The maximum absolute atomic E-state index is 4.41. The van der Waals surface area contributed by atoms with Crippen LogP contribution in [0.15, 0.2) is 36.7 Å². The Morgan fingerprint density at radius 1 is 1.33 bits per heavy atom. The second kappa shape index (κ2) is 6.36. The molecule has 96 valence electrons. The van der Waals surface area contributed by atoms with Gasteiger partial charge in [-0.05, 0) is 25.5 Å². The van der Waals surface area contributed by atoms with E-state index in [1.165, 1.54) is 11.1 Å². The van der Waals surface area contributed by atoms with Gasteiger partial charge in [0.1, 0.15) is 5.82 Å². The first kappa shape index (κ1) is 12.8. The van der Waals surface area contributed by atoms with Crippen LogP contribution in [-0.4, -0.2) is 16.1 Å². The number of imidazole rings is 1. The molecule has 3 heteroatoms. The van der Waals surface area contributed by atoms with E-state index >= 15 is 0 Å². The van der Waals surface area contributed by atoms with E-state index in [1.807, 2.05) is 12.4 Å². The standard InChI is InChI=1S/C15H21N3/c1-3-7-16-11-15-17-8-9-18(15)12-14-6-4-5-13(2)10-14/h4-6,8-10,16H,3,7,11-12H2,1-2H3. The quantitative estimate of drug-likeness (QED) is 0.791. The van der Waals surface area contributed by atoms with E-state index in [0.717, 1.165) is 31.9 Å². The highest BCUT2D eigenvalue weighted by Crippen LogP contribution is 2.08. The lowest BCUT2D eigenvalue weighted by Crippen LogP contribution is -2.17. The fourth-order valence-corrected chi connectivity index (χ4v) is 2.04. The van der Waals surface area contributed by atoms with Crippen LogP contribution in [0.25, 0.3) is 0 Å². The molecule has 0 saturated heterocycles. The minimum absolute atomic E-state index is 0.840. The number of aromatic nitrogens is 2. The van der Waals surface area contributed by atoms with Crippen LogP contribution in [0.1, 0.15) is 30.3 Å². The van der Waals surface area contributed by atoms with Gasteiger partial charge in [0.2, 0.25) is 0 Å². The van der Waals surface area contributed by atoms with Crippen LogP contribution < -0.4 is 5.32 Å². The first-order valence-electron chi connectivity index (χ1n) is 6.56. The molecule has 3 nitrogen and oxygen atoms in total. The molecular weight excluding hydrogens is 222 g/mol. The Balaban J connectivity index is 2.03. The molecule has 0 atom stereocenters. The second-order valence-electron chi connectivity index (χ2n) is 4.64. The summed E-state index contributed by atoms with van der Waals surface area (Å²) in [6, 6.07) is 8.62. The highest BCUT2D eigenvalue weighted by molar-refractivity contribution is 5.22. The van der Waals surface area contributed by atoms with Gasteiger partial charge in [-0.15, -0.1) is 0 Å². The maximum Gasteiger partial charge on any atom is 0.122 e. The predicted molar refractivity (Wildman–Crippen MR) is 74.5 cm³/mol. The van der Waals surface area contributed by atoms with E-state index in [0.29, 0.717) is 0 Å². The van der Waals surface area contributed by atoms with Crippen molar-refractivity contribution in [2.75, 3.05) is 6.54 Å². The number of nitrogens with zero attached hydrogens (tertiary/aromatic N) is 2. The van der Waals surface area contributed by atoms with E-state index in [9.17, 15) is 0 Å². The molecule has 0 aliphatic carbocycles. The lowest BCUT2D eigenvalue weighted by molar-refractivity contribution is 0.615. The topological polar surface area (TPSA) is 29.9 Å². The normalized spacial score (nSPS) is 10.8. The number of benzene rings is 1. The zero-order valence-corrected chi connectivity index (χ0v) is 11.2. The van der Waals surface area contributed by atoms with Gasteiger partial charge >= 0.3 is 0 Å². The van der Waals surface area contributed by atoms with Gasteiger partial charge in [0, 0.05) is 18.9 Å². The first-order valence-corrected chi connectivity index (χ1v) is 6.56. The zero-order chi connectivity index (χ0) is 12.8. The Labute approximate surface area is 109 Å². The van der Waals surface area contributed by atoms with Crippen molar-refractivity contribution >= 4 is 0 Å². The van der Waals surface area contributed by atoms with E-state index in [-0.39, 0.29) is 0 Å². The Bertz CT molecular complexity index is 488. The number of nitrogens with one attached hydrogen (secondary N) is 1. The molecule has 2 rings (SSSR count). The largest absolute Gasteiger partial charge is 0.329 e. The summed E-state index contributed by atoms with van der Waals surface area (Å²) in [6.45, 7) is 7.07. The van der Waals surface area contributed by atoms with E-state index in [2.05, 4.69) is 53.0 Å². The van der Waals surface area contributed by atoms with E-state index in [4.69, 9.17) is 0 Å². The molecule has 0 amide bonds. The van der Waals surface area contributed by atoms with Gasteiger partial charge in [0.25, 0.3) is 0 Å². The highest BCUT2D eigenvalue weighted by Gasteiger charge is 2.03. The SMILES string of the molecule is CCCNCc1nccn1Cc1cccc(C)c1. The van der Waals surface area contributed by atoms with Crippen molar-refractivity contribution in [3.63, 3.8) is 0 Å². The maximum atomic E-state index is 4.41. The van der Waals surface area contributed by atoms with Crippen molar-refractivity contribution < 1.29 is 0 Å². The van der Waals surface area contributed by atoms with Gasteiger partial charge in [0.05, 0.1) is 6.54 Å². The minimum Gasteiger partial charge on any atom is -0.329 e. The average Bonchev–Trinajstić information content (AvgIpc) is 2.77. The van der Waals surface area contributed by atoms with Crippen LogP contribution in [0.5, 0.6) is 0 Å². The van der Waals surface area contributed by atoms with Gasteiger partial charge in [-0.25, -0.2) is 4.98 Å². The molecule has 0 fully saturated rings. The summed E-state index contributed by atoms with van der Waals surface area (Å²) in [6.07, 6.45) is 5.07. The molecule has 0 bridgehead atoms. The molecule has 0 saturated carbocycles. The molecule has 0 aliphatic rings. The minimum atomic E-state index is 0.840. The van der Waals surface area contributed by atoms with Crippen molar-refractivity contribution in [1.82, 2.24) is 14.9 Å². The third-order valence-electron chi connectivity index (χ3n) is 2.95. The lowest BCUT2D eigenvalue weighted by atomic mass is 10.1. The number of aryl methyl sites for hydroxylation is 1. The molecule has 1 aromatic heterocycles. The molecule has 0 spiro atoms. The second-order valence-corrected chi connectivity index (χ2v) is 4.64. The summed E-state index contributed by atoms with van der Waals surface area (Å²) >= 11 is 0. The number of hydrogen-bond acceptors (Lipinski definition) is 2. The Morgan fingerprint density at radius 2 is 2.22 bits per heavy atom. The fraction of sp³-hybridized carbons (Fsp3) is 0.400. The monoisotopic (exact) mass is 243 g/mol. The summed E-state index contributed by atoms with van der Waals surface area (Å²) in [5.41, 5.74) is 2.63. The molecule has 1 heterocycles. The Morgan fingerprint density at radius 3 is 3.00 bits per heavy atom. The van der Waals surface area contributed by atoms with Crippen molar-refractivity contribution in [1.29, 1.82) is 0 Å². The molecule has 0 unspecified atom stereocenters. The highest BCUT2D eigenvalue weighted by atomic mass is 15.1. The van der Waals surface area contributed by atoms with Crippen LogP contribution in [0.4, 0.5) is 0 Å². The number of hydrogen-bond donors (Lipinski definition) is 1. The molecular formula is C15H21N3.